The van der Waals surface area contributed by atoms with Crippen LogP contribution < -0.4 is 5.32 Å². The molecule has 1 amide bonds. The summed E-state index contributed by atoms with van der Waals surface area (Å²) in [5.41, 5.74) is -3.43. The Balaban J connectivity index is 2.25. The second kappa shape index (κ2) is 8.17. The van der Waals surface area contributed by atoms with Gasteiger partial charge >= 0.3 is 12.4 Å². The molecule has 2 aromatic rings. The van der Waals surface area contributed by atoms with Crippen LogP contribution in [-0.2, 0) is 23.7 Å². The van der Waals surface area contributed by atoms with Crippen molar-refractivity contribution in [2.24, 2.45) is 5.41 Å². The number of rotatable bonds is 4. The first kappa shape index (κ1) is 23.5. The molecule has 0 aliphatic carbocycles. The molecule has 2 N–H and O–H groups in total. The van der Waals surface area contributed by atoms with Gasteiger partial charge in [-0.25, -0.2) is 5.06 Å². The molecule has 0 aliphatic heterocycles. The number of hydroxylamine groups is 2. The number of anilines is 2. The van der Waals surface area contributed by atoms with E-state index in [0.717, 1.165) is 0 Å². The van der Waals surface area contributed by atoms with E-state index < -0.39 is 40.5 Å². The second-order valence-electron chi connectivity index (χ2n) is 7.69. The smallest absolute Gasteiger partial charge is 0.355 e. The number of nitrogens with zero attached hydrogens (tertiary/aromatic N) is 1. The monoisotopic (exact) mass is 434 g/mol. The molecule has 4 nitrogen and oxygen atoms in total. The van der Waals surface area contributed by atoms with Crippen molar-refractivity contribution in [3.63, 3.8) is 0 Å². The summed E-state index contributed by atoms with van der Waals surface area (Å²) in [6, 6.07) is 6.69. The zero-order chi connectivity index (χ0) is 22.9. The summed E-state index contributed by atoms with van der Waals surface area (Å²) in [6.45, 7) is 4.71. The van der Waals surface area contributed by atoms with E-state index in [9.17, 15) is 36.3 Å². The molecule has 0 fully saturated rings. The Hall–Kier alpha value is -2.75. The first-order valence-corrected chi connectivity index (χ1v) is 8.74. The van der Waals surface area contributed by atoms with Gasteiger partial charge in [-0.05, 0) is 35.9 Å². The summed E-state index contributed by atoms with van der Waals surface area (Å²) < 4.78 is 78.2. The highest BCUT2D eigenvalue weighted by Crippen LogP contribution is 2.40. The fourth-order valence-corrected chi connectivity index (χ4v) is 2.55. The largest absolute Gasteiger partial charge is 0.418 e. The highest BCUT2D eigenvalue weighted by molar-refractivity contribution is 5.80. The summed E-state index contributed by atoms with van der Waals surface area (Å²) in [4.78, 5) is 12.0. The highest BCUT2D eigenvalue weighted by Gasteiger charge is 2.37. The SMILES string of the molecule is CC(C)(C)C(=O)N(O)Cc1ccc(Nc2cc(C(F)(F)F)ccc2C(F)(F)F)cc1. The lowest BCUT2D eigenvalue weighted by molar-refractivity contribution is -0.177. The first-order chi connectivity index (χ1) is 13.6. The van der Waals surface area contributed by atoms with Gasteiger partial charge in [-0.15, -0.1) is 0 Å². The van der Waals surface area contributed by atoms with Gasteiger partial charge in [0.05, 0.1) is 23.4 Å². The summed E-state index contributed by atoms with van der Waals surface area (Å²) in [5, 5.41) is 12.8. The molecule has 0 aliphatic rings. The van der Waals surface area contributed by atoms with Gasteiger partial charge < -0.3 is 5.32 Å². The Morgan fingerprint density at radius 1 is 0.933 bits per heavy atom. The van der Waals surface area contributed by atoms with Crippen molar-refractivity contribution in [3.8, 4) is 0 Å². The number of alkyl halides is 6. The van der Waals surface area contributed by atoms with Crippen LogP contribution in [0.25, 0.3) is 0 Å². The molecule has 10 heteroatoms. The van der Waals surface area contributed by atoms with Crippen LogP contribution in [0.5, 0.6) is 0 Å². The van der Waals surface area contributed by atoms with Crippen molar-refractivity contribution in [2.75, 3.05) is 5.32 Å². The molecule has 0 heterocycles. The molecular formula is C20H20F6N2O2. The third kappa shape index (κ3) is 5.88. The Kier molecular flexibility index (Phi) is 6.41. The van der Waals surface area contributed by atoms with Crippen molar-refractivity contribution < 1.29 is 36.3 Å². The van der Waals surface area contributed by atoms with Gasteiger partial charge in [0.1, 0.15) is 0 Å². The van der Waals surface area contributed by atoms with E-state index in [4.69, 9.17) is 0 Å². The molecule has 0 unspecified atom stereocenters. The molecule has 0 saturated heterocycles. The van der Waals surface area contributed by atoms with Crippen LogP contribution in [0.15, 0.2) is 42.5 Å². The van der Waals surface area contributed by atoms with Crippen molar-refractivity contribution in [2.45, 2.75) is 39.7 Å². The number of nitrogens with one attached hydrogen (secondary N) is 1. The maximum Gasteiger partial charge on any atom is 0.418 e. The lowest BCUT2D eigenvalue weighted by Gasteiger charge is -2.24. The second-order valence-corrected chi connectivity index (χ2v) is 7.69. The van der Waals surface area contributed by atoms with Gasteiger partial charge in [0, 0.05) is 11.1 Å². The fraction of sp³-hybridized carbons (Fsp3) is 0.350. The van der Waals surface area contributed by atoms with E-state index in [1.165, 1.54) is 24.3 Å². The lowest BCUT2D eigenvalue weighted by Crippen LogP contribution is -2.36. The number of halogens is 6. The van der Waals surface area contributed by atoms with E-state index in [-0.39, 0.29) is 12.2 Å². The topological polar surface area (TPSA) is 52.6 Å². The van der Waals surface area contributed by atoms with Gasteiger partial charge in [-0.1, -0.05) is 32.9 Å². The maximum atomic E-state index is 13.2. The molecule has 2 rings (SSSR count). The Morgan fingerprint density at radius 3 is 1.97 bits per heavy atom. The number of amides is 1. The van der Waals surface area contributed by atoms with E-state index >= 15 is 0 Å². The van der Waals surface area contributed by atoms with Gasteiger partial charge in [-0.3, -0.25) is 10.0 Å². The molecular weight excluding hydrogens is 414 g/mol. The van der Waals surface area contributed by atoms with Crippen LogP contribution in [-0.4, -0.2) is 16.2 Å². The van der Waals surface area contributed by atoms with Gasteiger partial charge in [0.15, 0.2) is 0 Å². The number of benzene rings is 2. The zero-order valence-corrected chi connectivity index (χ0v) is 16.3. The predicted molar refractivity (Wildman–Crippen MR) is 98.0 cm³/mol. The minimum absolute atomic E-state index is 0.107. The molecule has 0 spiro atoms. The van der Waals surface area contributed by atoms with Crippen LogP contribution in [0.1, 0.15) is 37.5 Å². The van der Waals surface area contributed by atoms with Crippen LogP contribution >= 0.6 is 0 Å². The molecule has 0 saturated carbocycles. The molecule has 0 atom stereocenters. The van der Waals surface area contributed by atoms with Crippen LogP contribution in [0.4, 0.5) is 37.7 Å². The Labute approximate surface area is 169 Å². The average Bonchev–Trinajstić information content (AvgIpc) is 2.60. The molecule has 0 bridgehead atoms. The van der Waals surface area contributed by atoms with Crippen molar-refractivity contribution >= 4 is 17.3 Å². The summed E-state index contributed by atoms with van der Waals surface area (Å²) >= 11 is 0. The lowest BCUT2D eigenvalue weighted by atomic mass is 9.95. The third-order valence-electron chi connectivity index (χ3n) is 4.09. The van der Waals surface area contributed by atoms with E-state index in [0.29, 0.717) is 28.8 Å². The van der Waals surface area contributed by atoms with Crippen molar-refractivity contribution in [1.82, 2.24) is 5.06 Å². The van der Waals surface area contributed by atoms with Gasteiger partial charge in [-0.2, -0.15) is 26.3 Å². The summed E-state index contributed by atoms with van der Waals surface area (Å²) in [7, 11) is 0. The van der Waals surface area contributed by atoms with Crippen LogP contribution in [0, 0.1) is 5.41 Å². The maximum absolute atomic E-state index is 13.2. The highest BCUT2D eigenvalue weighted by atomic mass is 19.4. The molecule has 0 aromatic heterocycles. The van der Waals surface area contributed by atoms with Gasteiger partial charge in [0.2, 0.25) is 0 Å². The molecule has 164 valence electrons. The molecule has 30 heavy (non-hydrogen) atoms. The number of hydrogen-bond acceptors (Lipinski definition) is 3. The Morgan fingerprint density at radius 2 is 1.50 bits per heavy atom. The predicted octanol–water partition coefficient (Wildman–Crippen LogP) is 6.23. The van der Waals surface area contributed by atoms with Crippen LogP contribution in [0.2, 0.25) is 0 Å². The number of carbonyl (C=O) groups is 1. The molecule has 0 radical (unpaired) electrons. The summed E-state index contributed by atoms with van der Waals surface area (Å²) in [5.74, 6) is -0.525. The van der Waals surface area contributed by atoms with Crippen molar-refractivity contribution in [3.05, 3.63) is 59.2 Å². The third-order valence-corrected chi connectivity index (χ3v) is 4.09. The minimum atomic E-state index is -4.85. The number of carbonyl (C=O) groups excluding carboxylic acids is 1. The number of hydrogen-bond donors (Lipinski definition) is 2. The van der Waals surface area contributed by atoms with E-state index in [1.54, 1.807) is 20.8 Å². The fourth-order valence-electron chi connectivity index (χ4n) is 2.55. The zero-order valence-electron chi connectivity index (χ0n) is 16.3. The van der Waals surface area contributed by atoms with Crippen molar-refractivity contribution in [1.29, 1.82) is 0 Å². The van der Waals surface area contributed by atoms with E-state index in [1.807, 2.05) is 0 Å². The first-order valence-electron chi connectivity index (χ1n) is 8.74. The summed E-state index contributed by atoms with van der Waals surface area (Å²) in [6.07, 6.45) is -9.65. The van der Waals surface area contributed by atoms with Crippen LogP contribution in [0.3, 0.4) is 0 Å². The standard InChI is InChI=1S/C20H20F6N2O2/c1-18(2,3)17(29)28(30)11-12-4-7-14(8-5-12)27-16-10-13(19(21,22)23)6-9-15(16)20(24,25)26/h4-10,27,30H,11H2,1-3H3. The quantitative estimate of drug-likeness (QED) is 0.341. The Bertz CT molecular complexity index is 899. The van der Waals surface area contributed by atoms with E-state index in [2.05, 4.69) is 5.32 Å². The minimum Gasteiger partial charge on any atom is -0.355 e. The van der Waals surface area contributed by atoms with Gasteiger partial charge in [0.25, 0.3) is 5.91 Å². The molecule has 2 aromatic carbocycles. The normalized spacial score (nSPS) is 12.6. The average molecular weight is 434 g/mol.